The Labute approximate surface area is 142 Å². The predicted molar refractivity (Wildman–Crippen MR) is 93.1 cm³/mol. The van der Waals surface area contributed by atoms with Gasteiger partial charge in [0, 0.05) is 5.41 Å². The summed E-state index contributed by atoms with van der Waals surface area (Å²) in [6.45, 7) is 5.89. The summed E-state index contributed by atoms with van der Waals surface area (Å²) in [5, 5.41) is 13.8. The van der Waals surface area contributed by atoms with E-state index in [9.17, 15) is 13.7 Å². The fourth-order valence-electron chi connectivity index (χ4n) is 2.29. The summed E-state index contributed by atoms with van der Waals surface area (Å²) in [6.07, 6.45) is 0. The number of nitriles is 1. The van der Waals surface area contributed by atoms with Gasteiger partial charge in [0.05, 0.1) is 17.1 Å². The molecule has 0 radical (unpaired) electrons. The molecule has 1 heterocycles. The fraction of sp³-hybridized carbons (Fsp3) is 0.375. The number of aromatic nitrogens is 2. The van der Waals surface area contributed by atoms with Crippen molar-refractivity contribution in [2.24, 2.45) is 0 Å². The van der Waals surface area contributed by atoms with Crippen LogP contribution in [0.25, 0.3) is 5.69 Å². The van der Waals surface area contributed by atoms with E-state index in [0.29, 0.717) is 22.5 Å². The summed E-state index contributed by atoms with van der Waals surface area (Å²) in [5.41, 5.74) is 8.08. The summed E-state index contributed by atoms with van der Waals surface area (Å²) in [4.78, 5) is 0. The van der Waals surface area contributed by atoms with E-state index < -0.39 is 10.0 Å². The number of hydrogen-bond acceptors (Lipinski definition) is 5. The summed E-state index contributed by atoms with van der Waals surface area (Å²) >= 11 is 0. The SMILES string of the molecule is CNS(=O)(=O)Cc1ccc(-n2nc(C(C)(C)C)c(C#N)c2N)cc1. The van der Waals surface area contributed by atoms with Crippen LogP contribution in [0.15, 0.2) is 24.3 Å². The predicted octanol–water partition coefficient (Wildman–Crippen LogP) is 1.67. The van der Waals surface area contributed by atoms with E-state index in [2.05, 4.69) is 15.9 Å². The molecule has 2 aromatic rings. The first kappa shape index (κ1) is 18.0. The Morgan fingerprint density at radius 2 is 1.88 bits per heavy atom. The van der Waals surface area contributed by atoms with Crippen molar-refractivity contribution in [2.75, 3.05) is 12.8 Å². The zero-order chi connectivity index (χ0) is 18.1. The lowest BCUT2D eigenvalue weighted by Crippen LogP contribution is -2.20. The highest BCUT2D eigenvalue weighted by atomic mass is 32.2. The molecule has 8 heteroatoms. The molecule has 0 aliphatic heterocycles. The molecule has 24 heavy (non-hydrogen) atoms. The molecule has 7 nitrogen and oxygen atoms in total. The fourth-order valence-corrected chi connectivity index (χ4v) is 3.06. The van der Waals surface area contributed by atoms with Crippen molar-refractivity contribution in [3.05, 3.63) is 41.1 Å². The van der Waals surface area contributed by atoms with Gasteiger partial charge in [-0.3, -0.25) is 0 Å². The van der Waals surface area contributed by atoms with Crippen molar-refractivity contribution >= 4 is 15.8 Å². The molecule has 0 unspecified atom stereocenters. The van der Waals surface area contributed by atoms with E-state index in [-0.39, 0.29) is 17.0 Å². The van der Waals surface area contributed by atoms with Gasteiger partial charge in [0.15, 0.2) is 0 Å². The monoisotopic (exact) mass is 347 g/mol. The number of rotatable bonds is 4. The molecule has 1 aromatic heterocycles. The van der Waals surface area contributed by atoms with Crippen molar-refractivity contribution in [1.29, 1.82) is 5.26 Å². The molecule has 0 fully saturated rings. The van der Waals surface area contributed by atoms with Crippen LogP contribution in [0.2, 0.25) is 0 Å². The Balaban J connectivity index is 2.44. The van der Waals surface area contributed by atoms with E-state index in [0.717, 1.165) is 0 Å². The number of sulfonamides is 1. The number of hydrogen-bond donors (Lipinski definition) is 2. The molecule has 2 rings (SSSR count). The second-order valence-corrected chi connectivity index (χ2v) is 8.44. The van der Waals surface area contributed by atoms with Gasteiger partial charge >= 0.3 is 0 Å². The minimum atomic E-state index is -3.32. The Hall–Kier alpha value is -2.37. The molecule has 0 saturated carbocycles. The molecular weight excluding hydrogens is 326 g/mol. The van der Waals surface area contributed by atoms with Gasteiger partial charge in [-0.1, -0.05) is 32.9 Å². The largest absolute Gasteiger partial charge is 0.382 e. The van der Waals surface area contributed by atoms with Crippen LogP contribution in [0.1, 0.15) is 37.6 Å². The van der Waals surface area contributed by atoms with Gasteiger partial charge in [-0.25, -0.2) is 17.8 Å². The van der Waals surface area contributed by atoms with Crippen LogP contribution >= 0.6 is 0 Å². The van der Waals surface area contributed by atoms with E-state index in [1.165, 1.54) is 11.7 Å². The molecule has 0 aliphatic carbocycles. The highest BCUT2D eigenvalue weighted by Crippen LogP contribution is 2.29. The van der Waals surface area contributed by atoms with Gasteiger partial charge in [-0.15, -0.1) is 0 Å². The molecule has 0 amide bonds. The Morgan fingerprint density at radius 3 is 2.29 bits per heavy atom. The zero-order valence-corrected chi connectivity index (χ0v) is 15.0. The molecule has 0 aliphatic rings. The lowest BCUT2D eigenvalue weighted by Gasteiger charge is -2.15. The van der Waals surface area contributed by atoms with E-state index in [1.54, 1.807) is 24.3 Å². The van der Waals surface area contributed by atoms with Crippen molar-refractivity contribution in [3.8, 4) is 11.8 Å². The van der Waals surface area contributed by atoms with Crippen LogP contribution in [0, 0.1) is 11.3 Å². The highest BCUT2D eigenvalue weighted by Gasteiger charge is 2.26. The van der Waals surface area contributed by atoms with Crippen molar-refractivity contribution in [3.63, 3.8) is 0 Å². The lowest BCUT2D eigenvalue weighted by atomic mass is 9.90. The van der Waals surface area contributed by atoms with Crippen molar-refractivity contribution in [2.45, 2.75) is 31.9 Å². The van der Waals surface area contributed by atoms with Gasteiger partial charge in [-0.2, -0.15) is 10.4 Å². The molecule has 0 atom stereocenters. The third-order valence-corrected chi connectivity index (χ3v) is 4.93. The summed E-state index contributed by atoms with van der Waals surface area (Å²) < 4.78 is 27.0. The molecule has 128 valence electrons. The van der Waals surface area contributed by atoms with Crippen LogP contribution in [-0.2, 0) is 21.2 Å². The minimum Gasteiger partial charge on any atom is -0.382 e. The molecule has 0 spiro atoms. The standard InChI is InChI=1S/C16H21N5O2S/c1-16(2,3)14-13(9-17)15(18)21(20-14)12-7-5-11(6-8-12)10-24(22,23)19-4/h5-8,19H,10,18H2,1-4H3. The van der Waals surface area contributed by atoms with Crippen molar-refractivity contribution < 1.29 is 8.42 Å². The third-order valence-electron chi connectivity index (χ3n) is 3.59. The number of nitrogens with zero attached hydrogens (tertiary/aromatic N) is 3. The first-order valence-corrected chi connectivity index (χ1v) is 9.04. The van der Waals surface area contributed by atoms with E-state index in [4.69, 9.17) is 5.73 Å². The zero-order valence-electron chi connectivity index (χ0n) is 14.2. The average Bonchev–Trinajstić information content (AvgIpc) is 2.84. The maximum atomic E-state index is 11.6. The normalized spacial score (nSPS) is 12.1. The number of benzene rings is 1. The summed E-state index contributed by atoms with van der Waals surface area (Å²) in [7, 11) is -1.94. The summed E-state index contributed by atoms with van der Waals surface area (Å²) in [5.74, 6) is 0.174. The van der Waals surface area contributed by atoms with Gasteiger partial charge in [0.1, 0.15) is 17.5 Å². The van der Waals surface area contributed by atoms with Crippen LogP contribution in [0.5, 0.6) is 0 Å². The van der Waals surface area contributed by atoms with Gasteiger partial charge < -0.3 is 5.73 Å². The average molecular weight is 347 g/mol. The second kappa shape index (κ2) is 6.26. The maximum absolute atomic E-state index is 11.6. The molecule has 0 bridgehead atoms. The van der Waals surface area contributed by atoms with E-state index in [1.807, 2.05) is 20.8 Å². The quantitative estimate of drug-likeness (QED) is 0.873. The third kappa shape index (κ3) is 3.58. The van der Waals surface area contributed by atoms with Gasteiger partial charge in [0.2, 0.25) is 10.0 Å². The first-order chi connectivity index (χ1) is 11.1. The number of nitrogen functional groups attached to an aromatic ring is 1. The van der Waals surface area contributed by atoms with Crippen LogP contribution in [0.4, 0.5) is 5.82 Å². The Bertz CT molecular complexity index is 884. The Kier molecular flexibility index (Phi) is 4.69. The summed E-state index contributed by atoms with van der Waals surface area (Å²) in [6, 6.07) is 8.99. The van der Waals surface area contributed by atoms with Crippen LogP contribution in [0.3, 0.4) is 0 Å². The topological polar surface area (TPSA) is 114 Å². The van der Waals surface area contributed by atoms with Gasteiger partial charge in [-0.05, 0) is 24.7 Å². The van der Waals surface area contributed by atoms with Gasteiger partial charge in [0.25, 0.3) is 0 Å². The number of anilines is 1. The second-order valence-electron chi connectivity index (χ2n) is 6.51. The molecular formula is C16H21N5O2S. The Morgan fingerprint density at radius 1 is 1.29 bits per heavy atom. The van der Waals surface area contributed by atoms with Crippen molar-refractivity contribution in [1.82, 2.24) is 14.5 Å². The molecule has 1 aromatic carbocycles. The maximum Gasteiger partial charge on any atom is 0.215 e. The first-order valence-electron chi connectivity index (χ1n) is 7.38. The van der Waals surface area contributed by atoms with Crippen LogP contribution in [-0.4, -0.2) is 25.2 Å². The lowest BCUT2D eigenvalue weighted by molar-refractivity contribution is 0.559. The van der Waals surface area contributed by atoms with E-state index >= 15 is 0 Å². The number of nitrogens with one attached hydrogen (secondary N) is 1. The van der Waals surface area contributed by atoms with Crippen LogP contribution < -0.4 is 10.5 Å². The molecule has 3 N–H and O–H groups in total. The molecule has 0 saturated heterocycles. The highest BCUT2D eigenvalue weighted by molar-refractivity contribution is 7.88. The number of nitrogens with two attached hydrogens (primary N) is 1. The minimum absolute atomic E-state index is 0.102. The smallest absolute Gasteiger partial charge is 0.215 e.